The van der Waals surface area contributed by atoms with Crippen molar-refractivity contribution in [2.24, 2.45) is 5.73 Å². The van der Waals surface area contributed by atoms with Gasteiger partial charge in [-0.15, -0.1) is 5.57 Å². The van der Waals surface area contributed by atoms with E-state index in [1.54, 1.807) is 25.4 Å². The van der Waals surface area contributed by atoms with Crippen molar-refractivity contribution < 1.29 is 35.4 Å². The van der Waals surface area contributed by atoms with Crippen LogP contribution in [-0.2, 0) is 35.4 Å². The van der Waals surface area contributed by atoms with Crippen LogP contribution in [0.1, 0.15) is 6.92 Å². The van der Waals surface area contributed by atoms with Gasteiger partial charge in [-0.3, -0.25) is 4.79 Å². The van der Waals surface area contributed by atoms with Crippen LogP contribution >= 0.6 is 0 Å². The molecule has 74 valence electrons. The molecular formula is C9H8NO3W-. The van der Waals surface area contributed by atoms with Crippen LogP contribution in [0.25, 0.3) is 0 Å². The van der Waals surface area contributed by atoms with Gasteiger partial charge in [0.1, 0.15) is 0 Å². The minimum atomic E-state index is -0.816. The molecule has 2 N–H and O–H groups in total. The van der Waals surface area contributed by atoms with E-state index >= 15 is 0 Å². The molecule has 2 unspecified atom stereocenters. The van der Waals surface area contributed by atoms with Gasteiger partial charge in [0.25, 0.3) is 0 Å². The molecule has 0 saturated carbocycles. The summed E-state index contributed by atoms with van der Waals surface area (Å²) in [7, 11) is 0. The Balaban J connectivity index is 0.000000980. The molecular weight excluding hydrogens is 354 g/mol. The minimum absolute atomic E-state index is 0. The molecule has 2 rings (SSSR count). The van der Waals surface area contributed by atoms with Crippen molar-refractivity contribution in [1.29, 1.82) is 0 Å². The molecule has 2 heterocycles. The van der Waals surface area contributed by atoms with E-state index in [0.29, 0.717) is 0 Å². The summed E-state index contributed by atoms with van der Waals surface area (Å²) in [5.41, 5.74) is 4.79. The molecule has 2 atom stereocenters. The number of carbonyl (C=O) groups excluding carboxylic acids is 2. The summed E-state index contributed by atoms with van der Waals surface area (Å²) in [5, 5.41) is 0. The van der Waals surface area contributed by atoms with Crippen molar-refractivity contribution in [1.82, 2.24) is 0 Å². The number of fused-ring (bicyclic) bond motifs is 2. The molecule has 0 aliphatic carbocycles. The first-order valence-electron chi connectivity index (χ1n) is 3.88. The number of nitrogens with two attached hydrogens (primary N) is 1. The van der Waals surface area contributed by atoms with Gasteiger partial charge in [0.15, 0.2) is 5.91 Å². The maximum Gasteiger partial charge on any atom is 0.166 e. The van der Waals surface area contributed by atoms with E-state index in [-0.39, 0.29) is 32.2 Å². The Bertz CT molecular complexity index is 361. The van der Waals surface area contributed by atoms with E-state index in [1.165, 1.54) is 0 Å². The zero-order valence-corrected chi connectivity index (χ0v) is 10.4. The molecule has 14 heavy (non-hydrogen) atoms. The van der Waals surface area contributed by atoms with Gasteiger partial charge in [0.2, 0.25) is 0 Å². The van der Waals surface area contributed by atoms with Crippen LogP contribution in [0.2, 0.25) is 0 Å². The van der Waals surface area contributed by atoms with Crippen LogP contribution in [0.4, 0.5) is 0 Å². The Morgan fingerprint density at radius 3 is 2.79 bits per heavy atom. The summed E-state index contributed by atoms with van der Waals surface area (Å²) in [4.78, 5) is 21.6. The fraction of sp³-hybridized carbons (Fsp3) is 0.333. The standard InChI is InChI=1S/C9H8NO3.W/c1-9-3-2-6(13-9)5(4-11)7(9)8(10)12;/h2-3,6H,1H3,(H2,10,12);/q-1;. The number of amides is 1. The van der Waals surface area contributed by atoms with Gasteiger partial charge in [0.05, 0.1) is 11.7 Å². The first kappa shape index (κ1) is 11.3. The molecule has 0 aromatic carbocycles. The number of rotatable bonds is 2. The first-order chi connectivity index (χ1) is 6.08. The third kappa shape index (κ3) is 1.30. The van der Waals surface area contributed by atoms with Crippen LogP contribution in [0.5, 0.6) is 0 Å². The number of carbonyl (C=O) groups is 1. The average molecular weight is 362 g/mol. The van der Waals surface area contributed by atoms with Gasteiger partial charge in [0, 0.05) is 21.1 Å². The largest absolute Gasteiger partial charge is 0.418 e. The van der Waals surface area contributed by atoms with Gasteiger partial charge in [-0.1, -0.05) is 17.7 Å². The maximum atomic E-state index is 11.0. The van der Waals surface area contributed by atoms with E-state index in [1.807, 2.05) is 0 Å². The van der Waals surface area contributed by atoms with Gasteiger partial charge in [-0.2, -0.15) is 0 Å². The van der Waals surface area contributed by atoms with Crippen molar-refractivity contribution in [2.45, 2.75) is 18.6 Å². The Morgan fingerprint density at radius 2 is 2.36 bits per heavy atom. The average Bonchev–Trinajstić information content (AvgIpc) is 2.55. The first-order valence-corrected chi connectivity index (χ1v) is 3.88. The van der Waals surface area contributed by atoms with Crippen molar-refractivity contribution >= 4 is 12.2 Å². The number of hydrogen-bond donors (Lipinski definition) is 1. The van der Waals surface area contributed by atoms with Crippen molar-refractivity contribution in [2.75, 3.05) is 0 Å². The molecule has 2 aliphatic heterocycles. The molecule has 0 fully saturated rings. The summed E-state index contributed by atoms with van der Waals surface area (Å²) < 4.78 is 5.39. The monoisotopic (exact) mass is 362 g/mol. The fourth-order valence-electron chi connectivity index (χ4n) is 1.81. The molecule has 2 aliphatic rings. The van der Waals surface area contributed by atoms with E-state index in [4.69, 9.17) is 10.5 Å². The molecule has 0 aromatic rings. The topological polar surface area (TPSA) is 69.4 Å². The zero-order valence-electron chi connectivity index (χ0n) is 7.44. The van der Waals surface area contributed by atoms with Crippen molar-refractivity contribution in [3.05, 3.63) is 23.3 Å². The van der Waals surface area contributed by atoms with E-state index in [2.05, 4.69) is 0 Å². The van der Waals surface area contributed by atoms with Gasteiger partial charge < -0.3 is 15.3 Å². The predicted octanol–water partition coefficient (Wildman–Crippen LogP) is -0.397. The predicted molar refractivity (Wildman–Crippen MR) is 44.3 cm³/mol. The Labute approximate surface area is 95.4 Å². The second-order valence-corrected chi connectivity index (χ2v) is 3.26. The quantitative estimate of drug-likeness (QED) is 0.537. The summed E-state index contributed by atoms with van der Waals surface area (Å²) >= 11 is 0. The summed E-state index contributed by atoms with van der Waals surface area (Å²) in [6.45, 7) is 1.70. The van der Waals surface area contributed by atoms with Crippen molar-refractivity contribution in [3.63, 3.8) is 0 Å². The molecule has 2 bridgehead atoms. The Morgan fingerprint density at radius 1 is 1.71 bits per heavy atom. The second-order valence-electron chi connectivity index (χ2n) is 3.26. The second kappa shape index (κ2) is 3.44. The van der Waals surface area contributed by atoms with E-state index < -0.39 is 17.6 Å². The molecule has 0 spiro atoms. The van der Waals surface area contributed by atoms with Crippen molar-refractivity contribution in [3.8, 4) is 0 Å². The summed E-state index contributed by atoms with van der Waals surface area (Å²) in [5.74, 6) is -0.618. The molecule has 0 aromatic heterocycles. The van der Waals surface area contributed by atoms with Crippen LogP contribution in [0.3, 0.4) is 0 Å². The minimum Gasteiger partial charge on any atom is -0.418 e. The summed E-state index contributed by atoms with van der Waals surface area (Å²) in [6.07, 6.45) is 4.73. The molecule has 5 heteroatoms. The molecule has 1 amide bonds. The number of primary amides is 1. The number of hydrogen-bond acceptors (Lipinski definition) is 3. The van der Waals surface area contributed by atoms with Gasteiger partial charge in [-0.05, 0) is 13.2 Å². The Hall–Kier alpha value is -0.732. The summed E-state index contributed by atoms with van der Waals surface area (Å²) in [6, 6.07) is 0. The maximum absolute atomic E-state index is 11.0. The smallest absolute Gasteiger partial charge is 0.166 e. The molecule has 0 saturated heterocycles. The normalized spacial score (nSPS) is 33.1. The molecule has 0 radical (unpaired) electrons. The van der Waals surface area contributed by atoms with Gasteiger partial charge >= 0.3 is 0 Å². The van der Waals surface area contributed by atoms with E-state index in [0.717, 1.165) is 0 Å². The number of ether oxygens (including phenoxy) is 1. The van der Waals surface area contributed by atoms with Crippen LogP contribution in [0.15, 0.2) is 23.3 Å². The van der Waals surface area contributed by atoms with Crippen LogP contribution < -0.4 is 5.73 Å². The Kier molecular flexibility index (Phi) is 2.79. The van der Waals surface area contributed by atoms with E-state index in [9.17, 15) is 9.59 Å². The van der Waals surface area contributed by atoms with Gasteiger partial charge in [-0.25, -0.2) is 0 Å². The van der Waals surface area contributed by atoms with Crippen LogP contribution in [0, 0.1) is 0 Å². The third-order valence-electron chi connectivity index (χ3n) is 2.37. The zero-order chi connectivity index (χ0) is 9.64. The fourth-order valence-corrected chi connectivity index (χ4v) is 1.81. The SMILES string of the molecule is CC12C=CC(O1)C([C-]=O)=C2C(N)=O.[W]. The van der Waals surface area contributed by atoms with Crippen LogP contribution in [-0.4, -0.2) is 23.9 Å². The molecule has 4 nitrogen and oxygen atoms in total. The third-order valence-corrected chi connectivity index (χ3v) is 2.37.